The molecule has 0 fully saturated rings. The van der Waals surface area contributed by atoms with Crippen molar-refractivity contribution in [2.24, 2.45) is 4.99 Å². The second-order valence-corrected chi connectivity index (χ2v) is 9.23. The van der Waals surface area contributed by atoms with Gasteiger partial charge in [0, 0.05) is 18.7 Å². The minimum Gasteiger partial charge on any atom is -0.321 e. The van der Waals surface area contributed by atoms with Gasteiger partial charge in [-0.15, -0.1) is 11.3 Å². The minimum absolute atomic E-state index is 0.0754. The van der Waals surface area contributed by atoms with Gasteiger partial charge in [0.2, 0.25) is 0 Å². The fourth-order valence-corrected chi connectivity index (χ4v) is 4.61. The fourth-order valence-electron chi connectivity index (χ4n) is 2.54. The highest BCUT2D eigenvalue weighted by molar-refractivity contribution is 7.90. The summed E-state index contributed by atoms with van der Waals surface area (Å²) in [4.78, 5) is 17.0. The number of anilines is 1. The van der Waals surface area contributed by atoms with Crippen LogP contribution in [0.25, 0.3) is 0 Å². The second-order valence-electron chi connectivity index (χ2n) is 5.83. The molecule has 2 aromatic rings. The molecule has 0 radical (unpaired) electrons. The van der Waals surface area contributed by atoms with Crippen LogP contribution in [0.3, 0.4) is 0 Å². The Kier molecular flexibility index (Phi) is 5.95. The highest BCUT2D eigenvalue weighted by Crippen LogP contribution is 2.23. The molecule has 0 spiro atoms. The van der Waals surface area contributed by atoms with Crippen LogP contribution in [0.1, 0.15) is 35.4 Å². The minimum atomic E-state index is -3.75. The van der Waals surface area contributed by atoms with Crippen LogP contribution in [0.2, 0.25) is 4.34 Å². The third kappa shape index (κ3) is 4.84. The average molecular weight is 412 g/mol. The summed E-state index contributed by atoms with van der Waals surface area (Å²) in [5.41, 5.74) is 0.394. The van der Waals surface area contributed by atoms with Gasteiger partial charge in [0.25, 0.3) is 15.9 Å². The Hall–Kier alpha value is -1.90. The van der Waals surface area contributed by atoms with E-state index in [2.05, 4.69) is 15.0 Å². The number of halogens is 1. The number of hydrogen-bond acceptors (Lipinski definition) is 5. The molecule has 26 heavy (non-hydrogen) atoms. The van der Waals surface area contributed by atoms with Crippen molar-refractivity contribution in [3.8, 4) is 0 Å². The second kappa shape index (κ2) is 8.20. The lowest BCUT2D eigenvalue weighted by Crippen LogP contribution is -2.30. The smallest absolute Gasteiger partial charge is 0.265 e. The van der Waals surface area contributed by atoms with Gasteiger partial charge < -0.3 is 5.32 Å². The maximum atomic E-state index is 12.6. The Bertz CT molecular complexity index is 938. The van der Waals surface area contributed by atoms with Crippen LogP contribution in [0, 0.1) is 0 Å². The zero-order chi connectivity index (χ0) is 18.6. The van der Waals surface area contributed by atoms with Gasteiger partial charge in [-0.3, -0.25) is 14.5 Å². The number of aliphatic imine (C=N–C) groups is 1. The normalized spacial score (nSPS) is 15.0. The average Bonchev–Trinajstić information content (AvgIpc) is 2.88. The summed E-state index contributed by atoms with van der Waals surface area (Å²) in [6, 6.07) is 9.38. The molecule has 0 unspecified atom stereocenters. The third-order valence-electron chi connectivity index (χ3n) is 3.83. The Morgan fingerprint density at radius 2 is 2.00 bits per heavy atom. The number of hydrogen-bond donors (Lipinski definition) is 2. The number of thiophene rings is 1. The number of amides is 1. The van der Waals surface area contributed by atoms with Gasteiger partial charge >= 0.3 is 0 Å². The van der Waals surface area contributed by atoms with Crippen molar-refractivity contribution in [2.75, 3.05) is 11.9 Å². The van der Waals surface area contributed by atoms with E-state index in [1.54, 1.807) is 24.3 Å². The Morgan fingerprint density at radius 1 is 1.15 bits per heavy atom. The molecule has 1 aromatic heterocycles. The number of nitrogens with zero attached hydrogens (tertiary/aromatic N) is 1. The number of benzene rings is 1. The first-order valence-corrected chi connectivity index (χ1v) is 10.8. The van der Waals surface area contributed by atoms with Crippen LogP contribution in [0.15, 0.2) is 46.3 Å². The predicted molar refractivity (Wildman–Crippen MR) is 105 cm³/mol. The fraction of sp³-hybridized carbons (Fsp3) is 0.294. The Morgan fingerprint density at radius 3 is 2.77 bits per heavy atom. The van der Waals surface area contributed by atoms with Gasteiger partial charge in [-0.2, -0.15) is 0 Å². The molecule has 6 nitrogen and oxygen atoms in total. The monoisotopic (exact) mass is 411 g/mol. The maximum absolute atomic E-state index is 12.6. The van der Waals surface area contributed by atoms with Crippen LogP contribution < -0.4 is 10.0 Å². The lowest BCUT2D eigenvalue weighted by atomic mass is 10.2. The first kappa shape index (κ1) is 18.9. The topological polar surface area (TPSA) is 87.6 Å². The number of nitrogens with one attached hydrogen (secondary N) is 2. The van der Waals surface area contributed by atoms with Gasteiger partial charge in [0.05, 0.1) is 14.1 Å². The molecule has 2 heterocycles. The molecular weight excluding hydrogens is 394 g/mol. The largest absolute Gasteiger partial charge is 0.321 e. The van der Waals surface area contributed by atoms with Crippen LogP contribution in [0.4, 0.5) is 5.69 Å². The summed E-state index contributed by atoms with van der Waals surface area (Å²) in [6.45, 7) is 0.636. The summed E-state index contributed by atoms with van der Waals surface area (Å²) in [6.07, 6.45) is 3.55. The number of amidine groups is 1. The summed E-state index contributed by atoms with van der Waals surface area (Å²) in [7, 11) is -3.75. The van der Waals surface area contributed by atoms with E-state index in [0.29, 0.717) is 33.7 Å². The molecule has 1 aromatic carbocycles. The molecule has 0 saturated heterocycles. The van der Waals surface area contributed by atoms with Gasteiger partial charge in [-0.05, 0) is 43.2 Å². The number of rotatable bonds is 4. The van der Waals surface area contributed by atoms with Crippen LogP contribution in [-0.2, 0) is 10.0 Å². The zero-order valence-electron chi connectivity index (χ0n) is 13.9. The van der Waals surface area contributed by atoms with Gasteiger partial charge in [-0.25, -0.2) is 8.42 Å². The highest BCUT2D eigenvalue weighted by Gasteiger charge is 2.18. The van der Waals surface area contributed by atoms with Crippen molar-refractivity contribution < 1.29 is 13.2 Å². The van der Waals surface area contributed by atoms with E-state index in [0.717, 1.165) is 30.6 Å². The van der Waals surface area contributed by atoms with Crippen molar-refractivity contribution in [3.63, 3.8) is 0 Å². The molecule has 9 heteroatoms. The SMILES string of the molecule is O=C(Nc1cccc(S(=O)(=O)NC2=NCCCCC2)c1)c1ccc(Cl)s1. The summed E-state index contributed by atoms with van der Waals surface area (Å²) >= 11 is 6.99. The van der Waals surface area contributed by atoms with Crippen molar-refractivity contribution in [1.29, 1.82) is 0 Å². The van der Waals surface area contributed by atoms with Crippen LogP contribution >= 0.6 is 22.9 Å². The first-order chi connectivity index (χ1) is 12.4. The zero-order valence-corrected chi connectivity index (χ0v) is 16.3. The van der Waals surface area contributed by atoms with E-state index in [1.165, 1.54) is 12.1 Å². The van der Waals surface area contributed by atoms with E-state index in [-0.39, 0.29) is 10.8 Å². The predicted octanol–water partition coefficient (Wildman–Crippen LogP) is 3.90. The number of sulfonamides is 1. The molecule has 1 aliphatic rings. The van der Waals surface area contributed by atoms with Crippen molar-refractivity contribution in [2.45, 2.75) is 30.6 Å². The summed E-state index contributed by atoms with van der Waals surface area (Å²) in [5, 5.41) is 2.69. The van der Waals surface area contributed by atoms with Gasteiger partial charge in [0.1, 0.15) is 5.84 Å². The Balaban J connectivity index is 1.75. The molecule has 0 bridgehead atoms. The summed E-state index contributed by atoms with van der Waals surface area (Å²) < 4.78 is 28.3. The van der Waals surface area contributed by atoms with E-state index in [9.17, 15) is 13.2 Å². The molecule has 1 aliphatic heterocycles. The van der Waals surface area contributed by atoms with Gasteiger partial charge in [0.15, 0.2) is 0 Å². The lowest BCUT2D eigenvalue weighted by molar-refractivity contribution is 0.103. The quantitative estimate of drug-likeness (QED) is 0.799. The number of carbonyl (C=O) groups excluding carboxylic acids is 1. The van der Waals surface area contributed by atoms with Gasteiger partial charge in [-0.1, -0.05) is 24.1 Å². The van der Waals surface area contributed by atoms with E-state index in [4.69, 9.17) is 11.6 Å². The molecule has 0 atom stereocenters. The van der Waals surface area contributed by atoms with E-state index < -0.39 is 10.0 Å². The van der Waals surface area contributed by atoms with E-state index >= 15 is 0 Å². The van der Waals surface area contributed by atoms with Crippen LogP contribution in [-0.4, -0.2) is 26.7 Å². The molecule has 2 N–H and O–H groups in total. The van der Waals surface area contributed by atoms with Crippen molar-refractivity contribution >= 4 is 50.4 Å². The third-order valence-corrected chi connectivity index (χ3v) is 6.43. The maximum Gasteiger partial charge on any atom is 0.265 e. The molecule has 1 amide bonds. The molecule has 138 valence electrons. The molecule has 0 aliphatic carbocycles. The number of carbonyl (C=O) groups is 1. The van der Waals surface area contributed by atoms with E-state index in [1.807, 2.05) is 0 Å². The molecule has 0 saturated carbocycles. The summed E-state index contributed by atoms with van der Waals surface area (Å²) in [5.74, 6) is 0.155. The lowest BCUT2D eigenvalue weighted by Gasteiger charge is -2.11. The molecular formula is C17H18ClN3O3S2. The first-order valence-electron chi connectivity index (χ1n) is 8.17. The highest BCUT2D eigenvalue weighted by atomic mass is 35.5. The van der Waals surface area contributed by atoms with Crippen molar-refractivity contribution in [3.05, 3.63) is 45.6 Å². The van der Waals surface area contributed by atoms with Crippen LogP contribution in [0.5, 0.6) is 0 Å². The van der Waals surface area contributed by atoms with Crippen molar-refractivity contribution in [1.82, 2.24) is 4.72 Å². The molecule has 3 rings (SSSR count). The standard InChI is InChI=1S/C17H18ClN3O3S2/c18-15-9-8-14(25-15)17(22)20-12-5-4-6-13(11-12)26(23,24)21-16-7-2-1-3-10-19-16/h4-6,8-9,11H,1-3,7,10H2,(H,19,21)(H,20,22). The Labute approximate surface area is 161 Å².